The van der Waals surface area contributed by atoms with Crippen molar-refractivity contribution in [3.8, 4) is 0 Å². The largest absolute Gasteiger partial charge is 0.481 e. The van der Waals surface area contributed by atoms with E-state index >= 15 is 0 Å². The van der Waals surface area contributed by atoms with Gasteiger partial charge in [0.15, 0.2) is 0 Å². The summed E-state index contributed by atoms with van der Waals surface area (Å²) in [4.78, 5) is 41.1. The van der Waals surface area contributed by atoms with Gasteiger partial charge in [-0.3, -0.25) is 23.8 Å². The van der Waals surface area contributed by atoms with Crippen LogP contribution in [-0.2, 0) is 29.0 Å². The Labute approximate surface area is 205 Å². The van der Waals surface area contributed by atoms with Crippen molar-refractivity contribution in [1.82, 2.24) is 4.90 Å². The fourth-order valence-electron chi connectivity index (χ4n) is 11.6. The number of rotatable bonds is 5. The second-order valence-electron chi connectivity index (χ2n) is 12.8. The van der Waals surface area contributed by atoms with Crippen molar-refractivity contribution in [1.29, 1.82) is 0 Å². The number of carbonyl (C=O) groups is 3. The highest BCUT2D eigenvalue weighted by Crippen LogP contribution is 2.88. The predicted octanol–water partition coefficient (Wildman–Crippen LogP) is 2.76. The van der Waals surface area contributed by atoms with Crippen LogP contribution in [0, 0.1) is 57.2 Å². The third-order valence-electron chi connectivity index (χ3n) is 12.4. The smallest absolute Gasteiger partial charge is 0.397 e. The van der Waals surface area contributed by atoms with Crippen molar-refractivity contribution < 1.29 is 36.6 Å². The zero-order chi connectivity index (χ0) is 25.3. The lowest BCUT2D eigenvalue weighted by molar-refractivity contribution is -0.248. The maximum Gasteiger partial charge on any atom is 0.397 e. The number of nitrogens with zero attached hydrogens (tertiary/aromatic N) is 1. The number of fused-ring (bicyclic) bond motifs is 1. The Morgan fingerprint density at radius 3 is 2.49 bits per heavy atom. The molecule has 0 radical (unpaired) electrons. The first kappa shape index (κ1) is 23.9. The van der Waals surface area contributed by atoms with E-state index in [0.29, 0.717) is 18.3 Å². The maximum atomic E-state index is 13.9. The molecule has 6 saturated carbocycles. The molecule has 0 aromatic heterocycles. The van der Waals surface area contributed by atoms with E-state index in [1.165, 1.54) is 4.90 Å². The highest BCUT2D eigenvalue weighted by molar-refractivity contribution is 7.80. The van der Waals surface area contributed by atoms with Gasteiger partial charge in [-0.2, -0.15) is 8.42 Å². The summed E-state index contributed by atoms with van der Waals surface area (Å²) < 4.78 is 35.3. The quantitative estimate of drug-likeness (QED) is 0.426. The molecule has 7 aliphatic rings. The van der Waals surface area contributed by atoms with Gasteiger partial charge in [0.05, 0.1) is 30.4 Å². The second-order valence-corrected chi connectivity index (χ2v) is 13.9. The van der Waals surface area contributed by atoms with Gasteiger partial charge < -0.3 is 5.11 Å². The fraction of sp³-hybridized carbons (Fsp3) is 0.880. The summed E-state index contributed by atoms with van der Waals surface area (Å²) in [5.41, 5.74) is -1.50. The Balaban J connectivity index is 1.42. The molecule has 10 atom stereocenters. The lowest BCUT2D eigenvalue weighted by atomic mass is 9.31. The number of carboxylic acids is 1. The van der Waals surface area contributed by atoms with Gasteiger partial charge >= 0.3 is 16.4 Å². The van der Waals surface area contributed by atoms with Crippen LogP contribution in [0.2, 0.25) is 0 Å². The topological polar surface area (TPSA) is 138 Å². The summed E-state index contributed by atoms with van der Waals surface area (Å²) in [6.45, 7) is 5.85. The van der Waals surface area contributed by atoms with Gasteiger partial charge in [0, 0.05) is 0 Å². The Morgan fingerprint density at radius 2 is 1.83 bits per heavy atom. The zero-order valence-electron chi connectivity index (χ0n) is 20.5. The van der Waals surface area contributed by atoms with Crippen LogP contribution in [0.1, 0.15) is 65.7 Å². The monoisotopic (exact) mass is 509 g/mol. The number of aliphatic carboxylic acids is 1. The molecule has 2 spiro atoms. The summed E-state index contributed by atoms with van der Waals surface area (Å²) in [5.74, 6) is -1.21. The number of likely N-dealkylation sites (tertiary alicyclic amines) is 1. The molecule has 194 valence electrons. The fourth-order valence-corrected chi connectivity index (χ4v) is 11.8. The van der Waals surface area contributed by atoms with E-state index in [2.05, 4.69) is 18.0 Å². The molecule has 9 unspecified atom stereocenters. The van der Waals surface area contributed by atoms with Gasteiger partial charge in [-0.1, -0.05) is 20.3 Å². The Morgan fingerprint density at radius 1 is 1.11 bits per heavy atom. The van der Waals surface area contributed by atoms with E-state index in [0.717, 1.165) is 38.5 Å². The highest BCUT2D eigenvalue weighted by atomic mass is 32.3. The maximum absolute atomic E-state index is 13.9. The van der Waals surface area contributed by atoms with Crippen molar-refractivity contribution >= 4 is 28.2 Å². The van der Waals surface area contributed by atoms with Crippen molar-refractivity contribution in [3.63, 3.8) is 0 Å². The molecule has 1 aliphatic heterocycles. The molecule has 6 aliphatic carbocycles. The van der Waals surface area contributed by atoms with E-state index in [4.69, 9.17) is 4.55 Å². The van der Waals surface area contributed by atoms with Crippen LogP contribution in [-0.4, -0.2) is 53.9 Å². The van der Waals surface area contributed by atoms with Crippen LogP contribution in [0.25, 0.3) is 0 Å². The van der Waals surface area contributed by atoms with Crippen LogP contribution in [0.5, 0.6) is 0 Å². The summed E-state index contributed by atoms with van der Waals surface area (Å²) in [6, 6.07) is 0. The molecule has 35 heavy (non-hydrogen) atoms. The van der Waals surface area contributed by atoms with Gasteiger partial charge in [0.1, 0.15) is 0 Å². The molecule has 9 nitrogen and oxygen atoms in total. The van der Waals surface area contributed by atoms with Crippen LogP contribution in [0.4, 0.5) is 0 Å². The molecule has 1 heterocycles. The number of hydrogen-bond donors (Lipinski definition) is 2. The minimum absolute atomic E-state index is 0.0392. The minimum Gasteiger partial charge on any atom is -0.481 e. The van der Waals surface area contributed by atoms with Crippen LogP contribution < -0.4 is 0 Å². The highest BCUT2D eigenvalue weighted by Gasteiger charge is 2.86. The van der Waals surface area contributed by atoms with Crippen molar-refractivity contribution in [2.45, 2.75) is 65.7 Å². The van der Waals surface area contributed by atoms with Gasteiger partial charge in [-0.15, -0.1) is 0 Å². The summed E-state index contributed by atoms with van der Waals surface area (Å²) >= 11 is 0. The molecule has 0 aromatic rings. The number of carboxylic acid groups (broad SMARTS) is 1. The summed E-state index contributed by atoms with van der Waals surface area (Å²) in [6.07, 6.45) is 5.80. The minimum atomic E-state index is -4.65. The molecule has 0 aromatic carbocycles. The molecule has 7 rings (SSSR count). The first-order chi connectivity index (χ1) is 16.3. The normalized spacial score (nSPS) is 51.9. The van der Waals surface area contributed by atoms with Crippen LogP contribution >= 0.6 is 0 Å². The third kappa shape index (κ3) is 2.52. The number of amides is 2. The molecular formula is C25H35NO8S. The van der Waals surface area contributed by atoms with Gasteiger partial charge in [0.2, 0.25) is 11.8 Å². The molecule has 1 saturated heterocycles. The predicted molar refractivity (Wildman–Crippen MR) is 122 cm³/mol. The standard InChI is InChI=1S/C25H35NO8S/c1-13-14-11-24-8-5-16-22(2,21(29)30)6-4-7-23(16,3)25(13,24)12-15(14)17-18(24)20(28)26(19(17)27)9-10-34-35(31,32)33/h13-18H,4-12H2,1-3H3,(H,29,30)(H,31,32,33)/t13?,14-,15?,16?,17?,18?,22?,23?,24?,25?/m0/s1. The van der Waals surface area contributed by atoms with E-state index in [1.54, 1.807) is 0 Å². The van der Waals surface area contributed by atoms with Gasteiger partial charge in [-0.05, 0) is 85.4 Å². The first-order valence-corrected chi connectivity index (χ1v) is 14.3. The lowest BCUT2D eigenvalue weighted by Crippen LogP contribution is -2.68. The number of carbonyl (C=O) groups excluding carboxylic acids is 2. The Bertz CT molecular complexity index is 1140. The van der Waals surface area contributed by atoms with Crippen LogP contribution in [0.3, 0.4) is 0 Å². The molecule has 10 heteroatoms. The average molecular weight is 510 g/mol. The van der Waals surface area contributed by atoms with E-state index in [1.807, 2.05) is 6.92 Å². The van der Waals surface area contributed by atoms with Crippen molar-refractivity contribution in [3.05, 3.63) is 0 Å². The van der Waals surface area contributed by atoms with E-state index in [-0.39, 0.29) is 52.4 Å². The van der Waals surface area contributed by atoms with Gasteiger partial charge in [-0.25, -0.2) is 4.18 Å². The van der Waals surface area contributed by atoms with Gasteiger partial charge in [0.25, 0.3) is 0 Å². The average Bonchev–Trinajstić information content (AvgIpc) is 3.29. The molecule has 4 bridgehead atoms. The Kier molecular flexibility index (Phi) is 4.68. The molecular weight excluding hydrogens is 474 g/mol. The van der Waals surface area contributed by atoms with Crippen molar-refractivity contribution in [2.75, 3.05) is 13.2 Å². The first-order valence-electron chi connectivity index (χ1n) is 13.0. The molecule has 2 amide bonds. The molecule has 2 N–H and O–H groups in total. The lowest BCUT2D eigenvalue weighted by Gasteiger charge is -2.72. The summed E-state index contributed by atoms with van der Waals surface area (Å²) in [5, 5.41) is 10.3. The number of hydrogen-bond acceptors (Lipinski definition) is 6. The summed E-state index contributed by atoms with van der Waals surface area (Å²) in [7, 11) is -4.65. The van der Waals surface area contributed by atoms with E-state index < -0.39 is 34.3 Å². The second kappa shape index (κ2) is 6.86. The van der Waals surface area contributed by atoms with E-state index in [9.17, 15) is 27.9 Å². The number of imide groups is 1. The SMILES string of the molecule is CC1[C@@H]2CC34CCC5C(C)(C(=O)O)CCCC5(C)C13CC2C1C(=O)N(CCOS(=O)(=O)O)C(=O)C14. The van der Waals surface area contributed by atoms with Crippen molar-refractivity contribution in [2.24, 2.45) is 57.2 Å². The molecule has 7 fully saturated rings. The zero-order valence-corrected chi connectivity index (χ0v) is 21.3. The Hall–Kier alpha value is -1.52. The van der Waals surface area contributed by atoms with Crippen LogP contribution in [0.15, 0.2) is 0 Å². The third-order valence-corrected chi connectivity index (χ3v) is 12.8.